The molecule has 1 heterocycles. The lowest BCUT2D eigenvalue weighted by Crippen LogP contribution is -2.19. The fourth-order valence-electron chi connectivity index (χ4n) is 2.97. The molecule has 0 radical (unpaired) electrons. The number of fused-ring (bicyclic) bond motifs is 1. The van der Waals surface area contributed by atoms with E-state index in [9.17, 15) is 4.79 Å². The number of nitrogens with zero attached hydrogens (tertiary/aromatic N) is 1. The molecule has 0 bridgehead atoms. The summed E-state index contributed by atoms with van der Waals surface area (Å²) in [5.41, 5.74) is 4.00. The minimum absolute atomic E-state index is 0.181. The lowest BCUT2D eigenvalue weighted by atomic mass is 9.97. The first-order valence-corrected chi connectivity index (χ1v) is 8.60. The molecule has 2 N–H and O–H groups in total. The maximum Gasteiger partial charge on any atom is 0.254 e. The van der Waals surface area contributed by atoms with Crippen molar-refractivity contribution >= 4 is 28.2 Å². The Hall–Kier alpha value is -3.08. The van der Waals surface area contributed by atoms with E-state index in [4.69, 9.17) is 4.74 Å². The summed E-state index contributed by atoms with van der Waals surface area (Å²) in [4.78, 5) is 16.9. The molecule has 5 nitrogen and oxygen atoms in total. The van der Waals surface area contributed by atoms with E-state index >= 15 is 0 Å². The van der Waals surface area contributed by atoms with Gasteiger partial charge >= 0.3 is 0 Å². The van der Waals surface area contributed by atoms with Crippen molar-refractivity contribution in [3.8, 4) is 5.75 Å². The van der Waals surface area contributed by atoms with Gasteiger partial charge in [-0.25, -0.2) is 0 Å². The van der Waals surface area contributed by atoms with Gasteiger partial charge in [0.2, 0.25) is 0 Å². The van der Waals surface area contributed by atoms with Crippen LogP contribution < -0.4 is 15.4 Å². The summed E-state index contributed by atoms with van der Waals surface area (Å²) in [6.45, 7) is 4.23. The lowest BCUT2D eigenvalue weighted by Gasteiger charge is -2.17. The van der Waals surface area contributed by atoms with Crippen LogP contribution in [-0.4, -0.2) is 25.0 Å². The standard InChI is InChI=1S/C21H23N3O2/c1-13(2)15-10-16-18(11-19(15)26-4)23-12-17(21(25)22-3)20(16)24-14-8-6-5-7-9-14/h5-13H,1-4H3,(H,22,25)(H,23,24). The van der Waals surface area contributed by atoms with E-state index in [-0.39, 0.29) is 11.8 Å². The van der Waals surface area contributed by atoms with E-state index in [2.05, 4.69) is 35.5 Å². The number of nitrogens with one attached hydrogen (secondary N) is 2. The molecule has 0 aliphatic rings. The molecular formula is C21H23N3O2. The van der Waals surface area contributed by atoms with Gasteiger partial charge in [0.15, 0.2) is 0 Å². The first-order valence-electron chi connectivity index (χ1n) is 8.60. The van der Waals surface area contributed by atoms with E-state index in [1.165, 1.54) is 0 Å². The number of anilines is 2. The number of ether oxygens (including phenoxy) is 1. The van der Waals surface area contributed by atoms with Crippen molar-refractivity contribution in [2.75, 3.05) is 19.5 Å². The largest absolute Gasteiger partial charge is 0.496 e. The number of hydrogen-bond acceptors (Lipinski definition) is 4. The van der Waals surface area contributed by atoms with E-state index in [0.29, 0.717) is 5.56 Å². The summed E-state index contributed by atoms with van der Waals surface area (Å²) in [7, 11) is 3.28. The third-order valence-corrected chi connectivity index (χ3v) is 4.36. The minimum Gasteiger partial charge on any atom is -0.496 e. The molecule has 0 fully saturated rings. The Morgan fingerprint density at radius 1 is 1.15 bits per heavy atom. The predicted molar refractivity (Wildman–Crippen MR) is 105 cm³/mol. The Morgan fingerprint density at radius 2 is 1.88 bits per heavy atom. The normalized spacial score (nSPS) is 10.8. The Bertz CT molecular complexity index is 937. The van der Waals surface area contributed by atoms with Gasteiger partial charge in [0.25, 0.3) is 5.91 Å². The molecular weight excluding hydrogens is 326 g/mol. The topological polar surface area (TPSA) is 63.2 Å². The summed E-state index contributed by atoms with van der Waals surface area (Å²) < 4.78 is 5.53. The fraction of sp³-hybridized carbons (Fsp3) is 0.238. The van der Waals surface area contributed by atoms with Crippen molar-refractivity contribution in [3.05, 3.63) is 59.8 Å². The van der Waals surface area contributed by atoms with Crippen LogP contribution >= 0.6 is 0 Å². The summed E-state index contributed by atoms with van der Waals surface area (Å²) in [5.74, 6) is 0.903. The highest BCUT2D eigenvalue weighted by Gasteiger charge is 2.18. The second kappa shape index (κ2) is 7.44. The van der Waals surface area contributed by atoms with E-state index in [1.54, 1.807) is 20.4 Å². The molecule has 0 unspecified atom stereocenters. The van der Waals surface area contributed by atoms with Crippen LogP contribution in [0.1, 0.15) is 35.7 Å². The molecule has 5 heteroatoms. The average molecular weight is 349 g/mol. The van der Waals surface area contributed by atoms with E-state index < -0.39 is 0 Å². The number of carbonyl (C=O) groups is 1. The molecule has 3 rings (SSSR count). The molecule has 0 aliphatic carbocycles. The zero-order valence-electron chi connectivity index (χ0n) is 15.5. The first-order chi connectivity index (χ1) is 12.5. The van der Waals surface area contributed by atoms with Gasteiger partial charge in [0.1, 0.15) is 5.75 Å². The Labute approximate surface area is 153 Å². The number of methoxy groups -OCH3 is 1. The number of carbonyl (C=O) groups excluding carboxylic acids is 1. The zero-order chi connectivity index (χ0) is 18.7. The van der Waals surface area contributed by atoms with Crippen LogP contribution in [0.5, 0.6) is 5.75 Å². The Kier molecular flexibility index (Phi) is 5.07. The molecule has 2 aromatic carbocycles. The van der Waals surface area contributed by atoms with Crippen LogP contribution in [-0.2, 0) is 0 Å². The van der Waals surface area contributed by atoms with Gasteiger partial charge in [-0.2, -0.15) is 0 Å². The van der Waals surface area contributed by atoms with Crippen molar-refractivity contribution in [1.29, 1.82) is 0 Å². The van der Waals surface area contributed by atoms with Crippen molar-refractivity contribution in [1.82, 2.24) is 10.3 Å². The van der Waals surface area contributed by atoms with Crippen LogP contribution in [0.3, 0.4) is 0 Å². The Morgan fingerprint density at radius 3 is 2.50 bits per heavy atom. The second-order valence-electron chi connectivity index (χ2n) is 6.38. The first kappa shape index (κ1) is 17.7. The number of aromatic nitrogens is 1. The molecule has 3 aromatic rings. The lowest BCUT2D eigenvalue weighted by molar-refractivity contribution is 0.0963. The molecule has 1 aromatic heterocycles. The fourth-order valence-corrected chi connectivity index (χ4v) is 2.97. The van der Waals surface area contributed by atoms with Gasteiger partial charge < -0.3 is 15.4 Å². The maximum atomic E-state index is 12.4. The minimum atomic E-state index is -0.181. The maximum absolute atomic E-state index is 12.4. The van der Waals surface area contributed by atoms with Gasteiger partial charge in [0.05, 0.1) is 23.9 Å². The predicted octanol–water partition coefficient (Wildman–Crippen LogP) is 4.47. The van der Waals surface area contributed by atoms with Crippen LogP contribution in [0.15, 0.2) is 48.7 Å². The number of benzene rings is 2. The molecule has 1 amide bonds. The molecule has 0 atom stereocenters. The van der Waals surface area contributed by atoms with E-state index in [1.807, 2.05) is 36.4 Å². The number of hydrogen-bond donors (Lipinski definition) is 2. The molecule has 0 saturated heterocycles. The molecule has 26 heavy (non-hydrogen) atoms. The van der Waals surface area contributed by atoms with E-state index in [0.717, 1.165) is 33.6 Å². The molecule has 0 saturated carbocycles. The van der Waals surface area contributed by atoms with Gasteiger partial charge in [-0.05, 0) is 29.7 Å². The zero-order valence-corrected chi connectivity index (χ0v) is 15.5. The summed E-state index contributed by atoms with van der Waals surface area (Å²) in [6, 6.07) is 13.8. The molecule has 0 aliphatic heterocycles. The highest BCUT2D eigenvalue weighted by atomic mass is 16.5. The van der Waals surface area contributed by atoms with Gasteiger partial charge in [-0.3, -0.25) is 9.78 Å². The number of pyridine rings is 1. The third kappa shape index (κ3) is 3.33. The van der Waals surface area contributed by atoms with Crippen molar-refractivity contribution in [2.24, 2.45) is 0 Å². The molecule has 0 spiro atoms. The van der Waals surface area contributed by atoms with Crippen molar-refractivity contribution in [3.63, 3.8) is 0 Å². The summed E-state index contributed by atoms with van der Waals surface area (Å²) >= 11 is 0. The van der Waals surface area contributed by atoms with Gasteiger partial charge in [-0.1, -0.05) is 32.0 Å². The smallest absolute Gasteiger partial charge is 0.254 e. The number of amides is 1. The third-order valence-electron chi connectivity index (χ3n) is 4.36. The summed E-state index contributed by atoms with van der Waals surface area (Å²) in [5, 5.41) is 6.97. The second-order valence-corrected chi connectivity index (χ2v) is 6.38. The summed E-state index contributed by atoms with van der Waals surface area (Å²) in [6.07, 6.45) is 1.60. The van der Waals surface area contributed by atoms with Crippen LogP contribution in [0.4, 0.5) is 11.4 Å². The highest BCUT2D eigenvalue weighted by Crippen LogP contribution is 2.36. The average Bonchev–Trinajstić information content (AvgIpc) is 2.67. The monoisotopic (exact) mass is 349 g/mol. The number of rotatable bonds is 5. The van der Waals surface area contributed by atoms with Crippen molar-refractivity contribution in [2.45, 2.75) is 19.8 Å². The van der Waals surface area contributed by atoms with Gasteiger partial charge in [0, 0.05) is 30.4 Å². The SMILES string of the molecule is CNC(=O)c1cnc2cc(OC)c(C(C)C)cc2c1Nc1ccccc1. The number of para-hydroxylation sites is 1. The van der Waals surface area contributed by atoms with Crippen LogP contribution in [0.25, 0.3) is 10.9 Å². The van der Waals surface area contributed by atoms with Gasteiger partial charge in [-0.15, -0.1) is 0 Å². The van der Waals surface area contributed by atoms with Crippen LogP contribution in [0, 0.1) is 0 Å². The highest BCUT2D eigenvalue weighted by molar-refractivity contribution is 6.08. The van der Waals surface area contributed by atoms with Crippen LogP contribution in [0.2, 0.25) is 0 Å². The quantitative estimate of drug-likeness (QED) is 0.713. The molecule has 134 valence electrons. The van der Waals surface area contributed by atoms with Crippen molar-refractivity contribution < 1.29 is 9.53 Å². The Balaban J connectivity index is 2.27.